The molecule has 0 bridgehead atoms. The van der Waals surface area contributed by atoms with Crippen LogP contribution < -0.4 is 14.8 Å². The van der Waals surface area contributed by atoms with Gasteiger partial charge in [0.2, 0.25) is 0 Å². The maximum absolute atomic E-state index is 13.1. The average molecular weight is 434 g/mol. The van der Waals surface area contributed by atoms with Gasteiger partial charge in [-0.3, -0.25) is 9.78 Å². The van der Waals surface area contributed by atoms with Crippen molar-refractivity contribution in [2.75, 3.05) is 25.1 Å². The number of hydrogen-bond acceptors (Lipinski definition) is 6. The molecule has 0 radical (unpaired) electrons. The summed E-state index contributed by atoms with van der Waals surface area (Å²) < 4.78 is 16.4. The molecule has 7 heteroatoms. The van der Waals surface area contributed by atoms with Gasteiger partial charge in [0.25, 0.3) is 5.91 Å². The van der Waals surface area contributed by atoms with Crippen molar-refractivity contribution >= 4 is 28.5 Å². The van der Waals surface area contributed by atoms with Crippen molar-refractivity contribution in [3.63, 3.8) is 0 Å². The smallest absolute Gasteiger partial charge is 0.339 e. The zero-order chi connectivity index (χ0) is 22.5. The first-order valence-electron chi connectivity index (χ1n) is 10.9. The Bertz CT molecular complexity index is 1160. The van der Waals surface area contributed by atoms with Gasteiger partial charge in [0.15, 0.2) is 18.1 Å². The van der Waals surface area contributed by atoms with E-state index in [1.54, 1.807) is 18.2 Å². The fraction of sp³-hybridized carbons (Fsp3) is 0.320. The molecule has 0 unspecified atom stereocenters. The Labute approximate surface area is 186 Å². The molecule has 7 nitrogen and oxygen atoms in total. The summed E-state index contributed by atoms with van der Waals surface area (Å²) in [5.74, 6) is 0.265. The van der Waals surface area contributed by atoms with Crippen LogP contribution in [0.3, 0.4) is 0 Å². The summed E-state index contributed by atoms with van der Waals surface area (Å²) in [4.78, 5) is 30.3. The lowest BCUT2D eigenvalue weighted by atomic mass is 9.96. The molecule has 1 aliphatic rings. The van der Waals surface area contributed by atoms with Crippen LogP contribution in [0.1, 0.15) is 41.9 Å². The van der Waals surface area contributed by atoms with Gasteiger partial charge in [0, 0.05) is 22.8 Å². The number of fused-ring (bicyclic) bond motifs is 2. The Morgan fingerprint density at radius 2 is 1.84 bits per heavy atom. The number of amides is 1. The number of carbonyl (C=O) groups is 2. The number of pyridine rings is 1. The van der Waals surface area contributed by atoms with E-state index in [0.717, 1.165) is 35.0 Å². The number of nitrogens with zero attached hydrogens (tertiary/aromatic N) is 1. The van der Waals surface area contributed by atoms with Gasteiger partial charge in [-0.1, -0.05) is 38.5 Å². The highest BCUT2D eigenvalue weighted by Crippen LogP contribution is 2.32. The van der Waals surface area contributed by atoms with Gasteiger partial charge in [-0.25, -0.2) is 4.79 Å². The Kier molecular flexibility index (Phi) is 6.54. The second-order valence-corrected chi connectivity index (χ2v) is 7.52. The van der Waals surface area contributed by atoms with Crippen LogP contribution in [0.4, 0.5) is 5.69 Å². The summed E-state index contributed by atoms with van der Waals surface area (Å²) in [6.07, 6.45) is 2.35. The lowest BCUT2D eigenvalue weighted by Crippen LogP contribution is -2.22. The first-order valence-corrected chi connectivity index (χ1v) is 10.9. The minimum Gasteiger partial charge on any atom is -0.486 e. The van der Waals surface area contributed by atoms with Crippen molar-refractivity contribution in [3.8, 4) is 11.5 Å². The Morgan fingerprint density at radius 1 is 1.06 bits per heavy atom. The lowest BCUT2D eigenvalue weighted by molar-refractivity contribution is -0.119. The number of aryl methyl sites for hydroxylation is 1. The number of nitrogens with one attached hydrogen (secondary N) is 1. The van der Waals surface area contributed by atoms with Crippen molar-refractivity contribution in [2.45, 2.75) is 33.1 Å². The third kappa shape index (κ3) is 4.51. The van der Waals surface area contributed by atoms with E-state index in [1.807, 2.05) is 31.2 Å². The minimum absolute atomic E-state index is 0.393. The number of anilines is 1. The van der Waals surface area contributed by atoms with Crippen molar-refractivity contribution in [1.29, 1.82) is 0 Å². The summed E-state index contributed by atoms with van der Waals surface area (Å²) in [7, 11) is 0. The number of hydrogen-bond donors (Lipinski definition) is 1. The zero-order valence-corrected chi connectivity index (χ0v) is 18.3. The molecule has 4 rings (SSSR count). The Balaban J connectivity index is 1.51. The average Bonchev–Trinajstić information content (AvgIpc) is 2.81. The van der Waals surface area contributed by atoms with Gasteiger partial charge >= 0.3 is 5.97 Å². The highest BCUT2D eigenvalue weighted by molar-refractivity contribution is 6.06. The maximum Gasteiger partial charge on any atom is 0.339 e. The van der Waals surface area contributed by atoms with Gasteiger partial charge in [0.1, 0.15) is 13.2 Å². The van der Waals surface area contributed by atoms with Crippen LogP contribution in [0, 0.1) is 0 Å². The Morgan fingerprint density at radius 3 is 2.62 bits per heavy atom. The summed E-state index contributed by atoms with van der Waals surface area (Å²) in [5, 5.41) is 3.47. The van der Waals surface area contributed by atoms with Crippen LogP contribution >= 0.6 is 0 Å². The molecule has 166 valence electrons. The van der Waals surface area contributed by atoms with Gasteiger partial charge in [-0.15, -0.1) is 0 Å². The standard InChI is InChI=1S/C25H26N2O5/c1-3-7-19-17(4-2)24(18-8-5-6-9-20(18)27-19)25(29)32-15-23(28)26-16-10-11-21-22(14-16)31-13-12-30-21/h5-6,8-11,14H,3-4,7,12-13,15H2,1-2H3,(H,26,28). The van der Waals surface area contributed by atoms with Crippen molar-refractivity contribution < 1.29 is 23.8 Å². The first-order chi connectivity index (χ1) is 15.6. The quantitative estimate of drug-likeness (QED) is 0.558. The number of esters is 1. The summed E-state index contributed by atoms with van der Waals surface area (Å²) in [6.45, 7) is 4.64. The lowest BCUT2D eigenvalue weighted by Gasteiger charge is -2.19. The number of ether oxygens (including phenoxy) is 3. The van der Waals surface area contributed by atoms with Crippen molar-refractivity contribution in [3.05, 3.63) is 59.3 Å². The van der Waals surface area contributed by atoms with E-state index < -0.39 is 18.5 Å². The normalized spacial score (nSPS) is 12.4. The highest BCUT2D eigenvalue weighted by atomic mass is 16.6. The monoisotopic (exact) mass is 434 g/mol. The first kappa shape index (κ1) is 21.6. The largest absolute Gasteiger partial charge is 0.486 e. The van der Waals surface area contributed by atoms with Crippen LogP contribution in [-0.4, -0.2) is 36.7 Å². The number of para-hydroxylation sites is 1. The van der Waals surface area contributed by atoms with E-state index >= 15 is 0 Å². The van der Waals surface area contributed by atoms with E-state index in [-0.39, 0.29) is 0 Å². The molecular formula is C25H26N2O5. The molecule has 0 atom stereocenters. The molecule has 1 aromatic heterocycles. The molecule has 0 fully saturated rings. The maximum atomic E-state index is 13.1. The topological polar surface area (TPSA) is 86.8 Å². The fourth-order valence-electron chi connectivity index (χ4n) is 3.88. The summed E-state index contributed by atoms with van der Waals surface area (Å²) in [6, 6.07) is 12.7. The van der Waals surface area contributed by atoms with Crippen molar-refractivity contribution in [1.82, 2.24) is 4.98 Å². The van der Waals surface area contributed by atoms with Crippen LogP contribution in [-0.2, 0) is 22.4 Å². The molecular weight excluding hydrogens is 408 g/mol. The predicted octanol–water partition coefficient (Wildman–Crippen LogP) is 4.32. The summed E-state index contributed by atoms with van der Waals surface area (Å²) in [5.41, 5.74) is 3.57. The van der Waals surface area contributed by atoms with Crippen LogP contribution in [0.5, 0.6) is 11.5 Å². The molecule has 0 spiro atoms. The Hall–Kier alpha value is -3.61. The molecule has 0 aliphatic carbocycles. The molecule has 2 heterocycles. The minimum atomic E-state index is -0.518. The molecule has 0 saturated carbocycles. The van der Waals surface area contributed by atoms with E-state index in [9.17, 15) is 9.59 Å². The zero-order valence-electron chi connectivity index (χ0n) is 18.3. The summed E-state index contributed by atoms with van der Waals surface area (Å²) >= 11 is 0. The molecule has 32 heavy (non-hydrogen) atoms. The van der Waals surface area contributed by atoms with Crippen LogP contribution in [0.2, 0.25) is 0 Å². The van der Waals surface area contributed by atoms with E-state index in [2.05, 4.69) is 12.2 Å². The number of rotatable bonds is 7. The van der Waals surface area contributed by atoms with Gasteiger partial charge in [-0.2, -0.15) is 0 Å². The van der Waals surface area contributed by atoms with Crippen molar-refractivity contribution in [2.24, 2.45) is 0 Å². The molecule has 1 N–H and O–H groups in total. The van der Waals surface area contributed by atoms with Gasteiger partial charge in [-0.05, 0) is 36.6 Å². The second-order valence-electron chi connectivity index (χ2n) is 7.52. The third-order valence-electron chi connectivity index (χ3n) is 5.28. The molecule has 2 aromatic carbocycles. The third-order valence-corrected chi connectivity index (χ3v) is 5.28. The molecule has 3 aromatic rings. The fourth-order valence-corrected chi connectivity index (χ4v) is 3.88. The van der Waals surface area contributed by atoms with E-state index in [1.165, 1.54) is 0 Å². The predicted molar refractivity (Wildman–Crippen MR) is 121 cm³/mol. The van der Waals surface area contributed by atoms with Gasteiger partial charge < -0.3 is 19.5 Å². The van der Waals surface area contributed by atoms with Gasteiger partial charge in [0.05, 0.1) is 11.1 Å². The molecule has 0 saturated heterocycles. The molecule has 1 aliphatic heterocycles. The highest BCUT2D eigenvalue weighted by Gasteiger charge is 2.21. The number of aromatic nitrogens is 1. The number of carbonyl (C=O) groups excluding carboxylic acids is 2. The SMILES string of the molecule is CCCc1nc2ccccc2c(C(=O)OCC(=O)Nc2ccc3c(c2)OCCO3)c1CC. The van der Waals surface area contributed by atoms with Crippen LogP contribution in [0.25, 0.3) is 10.9 Å². The number of benzene rings is 2. The molecule has 1 amide bonds. The van der Waals surface area contributed by atoms with E-state index in [4.69, 9.17) is 19.2 Å². The van der Waals surface area contributed by atoms with Crippen LogP contribution in [0.15, 0.2) is 42.5 Å². The second kappa shape index (κ2) is 9.68. The van der Waals surface area contributed by atoms with E-state index in [0.29, 0.717) is 42.4 Å².